The topological polar surface area (TPSA) is 69.3 Å². The summed E-state index contributed by atoms with van der Waals surface area (Å²) in [5, 5.41) is 7.23. The van der Waals surface area contributed by atoms with E-state index in [0.29, 0.717) is 25.9 Å². The number of aryl methyl sites for hydroxylation is 2. The van der Waals surface area contributed by atoms with Gasteiger partial charge in [0.1, 0.15) is 0 Å². The summed E-state index contributed by atoms with van der Waals surface area (Å²) >= 11 is 0. The van der Waals surface area contributed by atoms with E-state index < -0.39 is 0 Å². The molecule has 6 nitrogen and oxygen atoms in total. The lowest BCUT2D eigenvalue weighted by molar-refractivity contribution is -0.144. The van der Waals surface area contributed by atoms with Gasteiger partial charge < -0.3 is 9.80 Å². The monoisotopic (exact) mass is 318 g/mol. The highest BCUT2D eigenvalue weighted by Gasteiger charge is 2.48. The van der Waals surface area contributed by atoms with E-state index in [2.05, 4.69) is 10.2 Å². The zero-order valence-electron chi connectivity index (χ0n) is 14.3. The summed E-state index contributed by atoms with van der Waals surface area (Å²) in [6, 6.07) is 0. The van der Waals surface area contributed by atoms with E-state index in [1.807, 2.05) is 30.7 Å². The van der Waals surface area contributed by atoms with Gasteiger partial charge in [-0.3, -0.25) is 14.7 Å². The van der Waals surface area contributed by atoms with Crippen molar-refractivity contribution in [3.63, 3.8) is 0 Å². The van der Waals surface area contributed by atoms with Crippen LogP contribution in [0.5, 0.6) is 0 Å². The Morgan fingerprint density at radius 2 is 2.09 bits per heavy atom. The van der Waals surface area contributed by atoms with E-state index in [1.54, 1.807) is 0 Å². The molecule has 6 heteroatoms. The van der Waals surface area contributed by atoms with Gasteiger partial charge in [-0.25, -0.2) is 0 Å². The van der Waals surface area contributed by atoms with Crippen LogP contribution in [0.2, 0.25) is 0 Å². The minimum atomic E-state index is -0.318. The first-order chi connectivity index (χ1) is 10.9. The van der Waals surface area contributed by atoms with Crippen LogP contribution in [0.4, 0.5) is 0 Å². The van der Waals surface area contributed by atoms with Gasteiger partial charge in [-0.05, 0) is 38.7 Å². The fraction of sp³-hybridized carbons (Fsp3) is 0.706. The summed E-state index contributed by atoms with van der Waals surface area (Å²) in [6.07, 6.45) is 3.88. The Kier molecular flexibility index (Phi) is 4.17. The largest absolute Gasteiger partial charge is 0.345 e. The van der Waals surface area contributed by atoms with Gasteiger partial charge in [-0.2, -0.15) is 5.10 Å². The van der Waals surface area contributed by atoms with Crippen LogP contribution < -0.4 is 0 Å². The van der Waals surface area contributed by atoms with Crippen LogP contribution in [0.1, 0.15) is 42.6 Å². The number of hydrogen-bond donors (Lipinski definition) is 1. The second-order valence-electron chi connectivity index (χ2n) is 7.10. The molecule has 23 heavy (non-hydrogen) atoms. The van der Waals surface area contributed by atoms with E-state index in [9.17, 15) is 9.59 Å². The van der Waals surface area contributed by atoms with Gasteiger partial charge in [-0.1, -0.05) is 0 Å². The molecule has 2 fully saturated rings. The number of H-pyrrole nitrogens is 1. The molecule has 3 heterocycles. The van der Waals surface area contributed by atoms with Crippen LogP contribution in [0, 0.1) is 19.3 Å². The predicted molar refractivity (Wildman–Crippen MR) is 86.9 cm³/mol. The first kappa shape index (κ1) is 16.0. The number of rotatable bonds is 3. The lowest BCUT2D eigenvalue weighted by atomic mass is 9.78. The number of nitrogens with one attached hydrogen (secondary N) is 1. The SMILES string of the molecule is Cc1[nH]nc(CCC(=O)N2CCC3(CCCN(C)C3=O)C2)c1C. The minimum Gasteiger partial charge on any atom is -0.345 e. The van der Waals surface area contributed by atoms with Crippen LogP contribution in [-0.2, 0) is 16.0 Å². The molecule has 2 aliphatic rings. The molecule has 0 aromatic carbocycles. The highest BCUT2D eigenvalue weighted by Crippen LogP contribution is 2.39. The number of carbonyl (C=O) groups excluding carboxylic acids is 2. The third kappa shape index (κ3) is 2.86. The van der Waals surface area contributed by atoms with Gasteiger partial charge in [0.25, 0.3) is 0 Å². The highest BCUT2D eigenvalue weighted by molar-refractivity contribution is 5.86. The first-order valence-corrected chi connectivity index (χ1v) is 8.47. The normalized spacial score (nSPS) is 24.7. The third-order valence-electron chi connectivity index (χ3n) is 5.59. The molecule has 0 aliphatic carbocycles. The summed E-state index contributed by atoms with van der Waals surface area (Å²) in [5.41, 5.74) is 2.85. The van der Waals surface area contributed by atoms with Crippen molar-refractivity contribution in [1.82, 2.24) is 20.0 Å². The van der Waals surface area contributed by atoms with E-state index in [4.69, 9.17) is 0 Å². The van der Waals surface area contributed by atoms with Gasteiger partial charge in [0.15, 0.2) is 0 Å². The van der Waals surface area contributed by atoms with Crippen LogP contribution in [0.3, 0.4) is 0 Å². The van der Waals surface area contributed by atoms with Crippen LogP contribution in [-0.4, -0.2) is 58.5 Å². The lowest BCUT2D eigenvalue weighted by Crippen LogP contribution is -2.48. The number of aromatic nitrogens is 2. The fourth-order valence-corrected chi connectivity index (χ4v) is 3.89. The van der Waals surface area contributed by atoms with Crippen molar-refractivity contribution in [2.24, 2.45) is 5.41 Å². The molecule has 0 saturated carbocycles. The van der Waals surface area contributed by atoms with Crippen LogP contribution >= 0.6 is 0 Å². The van der Waals surface area contributed by atoms with Crippen molar-refractivity contribution >= 4 is 11.8 Å². The molecule has 0 radical (unpaired) electrons. The number of amides is 2. The first-order valence-electron chi connectivity index (χ1n) is 8.47. The Morgan fingerprint density at radius 1 is 1.30 bits per heavy atom. The van der Waals surface area contributed by atoms with Gasteiger partial charge in [-0.15, -0.1) is 0 Å². The molecule has 1 N–H and O–H groups in total. The maximum Gasteiger partial charge on any atom is 0.230 e. The molecule has 3 rings (SSSR count). The average Bonchev–Trinajstić information content (AvgIpc) is 3.09. The summed E-state index contributed by atoms with van der Waals surface area (Å²) in [6.45, 7) is 6.15. The summed E-state index contributed by atoms with van der Waals surface area (Å²) in [4.78, 5) is 28.7. The number of hydrogen-bond acceptors (Lipinski definition) is 3. The summed E-state index contributed by atoms with van der Waals surface area (Å²) < 4.78 is 0. The Hall–Kier alpha value is -1.85. The van der Waals surface area contributed by atoms with Gasteiger partial charge >= 0.3 is 0 Å². The van der Waals surface area contributed by atoms with Crippen molar-refractivity contribution in [2.45, 2.75) is 46.0 Å². The van der Waals surface area contributed by atoms with Crippen LogP contribution in [0.25, 0.3) is 0 Å². The predicted octanol–water partition coefficient (Wildman–Crippen LogP) is 1.43. The Morgan fingerprint density at radius 3 is 2.78 bits per heavy atom. The van der Waals surface area contributed by atoms with Crippen molar-refractivity contribution in [3.8, 4) is 0 Å². The minimum absolute atomic E-state index is 0.142. The maximum atomic E-state index is 12.5. The maximum absolute atomic E-state index is 12.5. The van der Waals surface area contributed by atoms with Crippen molar-refractivity contribution in [1.29, 1.82) is 0 Å². The Bertz CT molecular complexity index is 624. The van der Waals surface area contributed by atoms with Crippen LogP contribution in [0.15, 0.2) is 0 Å². The molecular formula is C17H26N4O2. The molecule has 1 spiro atoms. The molecule has 1 atom stereocenters. The number of nitrogens with zero attached hydrogens (tertiary/aromatic N) is 3. The number of aromatic amines is 1. The van der Waals surface area contributed by atoms with Crippen molar-refractivity contribution in [3.05, 3.63) is 17.0 Å². The number of likely N-dealkylation sites (tertiary alicyclic amines) is 2. The smallest absolute Gasteiger partial charge is 0.230 e. The van der Waals surface area contributed by atoms with E-state index in [0.717, 1.165) is 42.8 Å². The summed E-state index contributed by atoms with van der Waals surface area (Å²) in [5.74, 6) is 0.362. The molecular weight excluding hydrogens is 292 g/mol. The average molecular weight is 318 g/mol. The summed E-state index contributed by atoms with van der Waals surface area (Å²) in [7, 11) is 1.87. The second kappa shape index (κ2) is 5.98. The Labute approximate surface area is 137 Å². The molecule has 0 bridgehead atoms. The number of piperidine rings is 1. The molecule has 1 aromatic rings. The zero-order chi connectivity index (χ0) is 16.6. The molecule has 2 aliphatic heterocycles. The second-order valence-corrected chi connectivity index (χ2v) is 7.10. The van der Waals surface area contributed by atoms with E-state index >= 15 is 0 Å². The zero-order valence-corrected chi connectivity index (χ0v) is 14.3. The van der Waals surface area contributed by atoms with Gasteiger partial charge in [0.2, 0.25) is 11.8 Å². The molecule has 2 saturated heterocycles. The van der Waals surface area contributed by atoms with Gasteiger partial charge in [0, 0.05) is 45.2 Å². The quantitative estimate of drug-likeness (QED) is 0.916. The lowest BCUT2D eigenvalue weighted by Gasteiger charge is -2.37. The standard InChI is InChI=1S/C17H26N4O2/c1-12-13(2)18-19-14(12)5-6-15(22)21-10-8-17(11-21)7-4-9-20(3)16(17)23/h4-11H2,1-3H3,(H,18,19). The van der Waals surface area contributed by atoms with E-state index in [-0.39, 0.29) is 17.2 Å². The molecule has 1 aromatic heterocycles. The number of carbonyl (C=O) groups is 2. The molecule has 1 unspecified atom stereocenters. The van der Waals surface area contributed by atoms with E-state index in [1.165, 1.54) is 0 Å². The fourth-order valence-electron chi connectivity index (χ4n) is 3.89. The Balaban J connectivity index is 1.59. The molecule has 126 valence electrons. The molecule has 2 amide bonds. The van der Waals surface area contributed by atoms with Crippen molar-refractivity contribution < 1.29 is 9.59 Å². The van der Waals surface area contributed by atoms with Gasteiger partial charge in [0.05, 0.1) is 11.1 Å². The third-order valence-corrected chi connectivity index (χ3v) is 5.59. The highest BCUT2D eigenvalue weighted by atomic mass is 16.2. The van der Waals surface area contributed by atoms with Crippen molar-refractivity contribution in [2.75, 3.05) is 26.7 Å².